The van der Waals surface area contributed by atoms with Crippen molar-refractivity contribution in [3.05, 3.63) is 25.3 Å². The highest BCUT2D eigenvalue weighted by Crippen LogP contribution is 2.27. The van der Waals surface area contributed by atoms with Crippen molar-refractivity contribution in [1.29, 1.82) is 0 Å². The Morgan fingerprint density at radius 1 is 1.08 bits per heavy atom. The topological polar surface area (TPSA) is 12.5 Å². The number of rotatable bonds is 8. The van der Waals surface area contributed by atoms with Crippen molar-refractivity contribution in [1.82, 2.24) is 0 Å². The molecule has 1 heterocycles. The summed E-state index contributed by atoms with van der Waals surface area (Å²) in [6, 6.07) is 0. The summed E-state index contributed by atoms with van der Waals surface area (Å²) in [5.41, 5.74) is 0. The second-order valence-electron chi connectivity index (χ2n) is 3.66. The van der Waals surface area contributed by atoms with Crippen molar-refractivity contribution in [2.75, 3.05) is 0 Å². The zero-order chi connectivity index (χ0) is 9.52. The maximum Gasteiger partial charge on any atom is 0.102 e. The van der Waals surface area contributed by atoms with Gasteiger partial charge in [0.15, 0.2) is 0 Å². The van der Waals surface area contributed by atoms with Gasteiger partial charge in [-0.25, -0.2) is 0 Å². The SMILES string of the molecule is C=CCCCCCCC1OC1C=C. The minimum absolute atomic E-state index is 0.369. The zero-order valence-electron chi connectivity index (χ0n) is 8.37. The molecule has 0 saturated carbocycles. The molecule has 0 bridgehead atoms. The third-order valence-electron chi connectivity index (χ3n) is 2.50. The second kappa shape index (κ2) is 5.98. The third kappa shape index (κ3) is 4.28. The molecule has 74 valence electrons. The normalized spacial score (nSPS) is 25.5. The molecule has 1 aliphatic rings. The van der Waals surface area contributed by atoms with Crippen LogP contribution in [0.2, 0.25) is 0 Å². The molecule has 0 aromatic rings. The second-order valence-corrected chi connectivity index (χ2v) is 3.66. The van der Waals surface area contributed by atoms with Crippen molar-refractivity contribution >= 4 is 0 Å². The molecule has 13 heavy (non-hydrogen) atoms. The van der Waals surface area contributed by atoms with Crippen molar-refractivity contribution in [3.8, 4) is 0 Å². The Balaban J connectivity index is 1.80. The highest BCUT2D eigenvalue weighted by molar-refractivity contribution is 4.97. The van der Waals surface area contributed by atoms with Crippen LogP contribution in [0.25, 0.3) is 0 Å². The zero-order valence-corrected chi connectivity index (χ0v) is 8.37. The smallest absolute Gasteiger partial charge is 0.102 e. The van der Waals surface area contributed by atoms with Crippen molar-refractivity contribution in [2.24, 2.45) is 0 Å². The predicted octanol–water partition coefficient (Wildman–Crippen LogP) is 3.47. The lowest BCUT2D eigenvalue weighted by molar-refractivity contribution is 0.373. The van der Waals surface area contributed by atoms with Gasteiger partial charge in [0.25, 0.3) is 0 Å². The first-order valence-electron chi connectivity index (χ1n) is 5.27. The summed E-state index contributed by atoms with van der Waals surface area (Å²) in [4.78, 5) is 0. The van der Waals surface area contributed by atoms with Crippen LogP contribution in [-0.2, 0) is 4.74 Å². The molecule has 2 atom stereocenters. The van der Waals surface area contributed by atoms with E-state index in [1.54, 1.807) is 0 Å². The van der Waals surface area contributed by atoms with Crippen molar-refractivity contribution < 1.29 is 4.74 Å². The Labute approximate surface area is 81.5 Å². The van der Waals surface area contributed by atoms with Crippen molar-refractivity contribution in [3.63, 3.8) is 0 Å². The van der Waals surface area contributed by atoms with E-state index in [-0.39, 0.29) is 0 Å². The van der Waals surface area contributed by atoms with E-state index in [0.717, 1.165) is 6.42 Å². The molecule has 0 aliphatic carbocycles. The van der Waals surface area contributed by atoms with Gasteiger partial charge in [-0.05, 0) is 19.3 Å². The number of unbranched alkanes of at least 4 members (excludes halogenated alkanes) is 4. The van der Waals surface area contributed by atoms with Crippen LogP contribution in [0, 0.1) is 0 Å². The lowest BCUT2D eigenvalue weighted by atomic mass is 10.1. The van der Waals surface area contributed by atoms with Gasteiger partial charge in [-0.1, -0.05) is 31.4 Å². The Morgan fingerprint density at radius 3 is 2.46 bits per heavy atom. The first-order valence-corrected chi connectivity index (χ1v) is 5.27. The molecule has 1 fully saturated rings. The Hall–Kier alpha value is -0.560. The van der Waals surface area contributed by atoms with E-state index in [9.17, 15) is 0 Å². The fourth-order valence-corrected chi connectivity index (χ4v) is 1.58. The number of hydrogen-bond donors (Lipinski definition) is 0. The molecule has 1 saturated heterocycles. The monoisotopic (exact) mass is 180 g/mol. The molecule has 2 unspecified atom stereocenters. The average Bonchev–Trinajstić information content (AvgIpc) is 2.90. The minimum atomic E-state index is 0.369. The van der Waals surface area contributed by atoms with Gasteiger partial charge in [0.2, 0.25) is 0 Å². The maximum atomic E-state index is 5.36. The fourth-order valence-electron chi connectivity index (χ4n) is 1.58. The molecule has 0 aromatic carbocycles. The van der Waals surface area contributed by atoms with E-state index in [2.05, 4.69) is 13.2 Å². The van der Waals surface area contributed by atoms with Crippen LogP contribution in [0.3, 0.4) is 0 Å². The first-order chi connectivity index (χ1) is 6.38. The third-order valence-corrected chi connectivity index (χ3v) is 2.50. The van der Waals surface area contributed by atoms with E-state index >= 15 is 0 Å². The molecule has 1 rings (SSSR count). The first kappa shape index (κ1) is 10.5. The van der Waals surface area contributed by atoms with Gasteiger partial charge in [0, 0.05) is 0 Å². The van der Waals surface area contributed by atoms with E-state index in [4.69, 9.17) is 4.74 Å². The van der Waals surface area contributed by atoms with Crippen molar-refractivity contribution in [2.45, 2.75) is 50.7 Å². The molecule has 0 radical (unpaired) electrons. The summed E-state index contributed by atoms with van der Waals surface area (Å²) < 4.78 is 5.36. The number of epoxide rings is 1. The molecule has 1 heteroatoms. The standard InChI is InChI=1S/C12H20O/c1-3-5-6-7-8-9-10-12-11(4-2)13-12/h3-4,11-12H,1-2,5-10H2. The Morgan fingerprint density at radius 2 is 1.85 bits per heavy atom. The van der Waals surface area contributed by atoms with Gasteiger partial charge in [-0.2, -0.15) is 0 Å². The van der Waals surface area contributed by atoms with Crippen LogP contribution in [0.15, 0.2) is 25.3 Å². The molecule has 0 N–H and O–H groups in total. The Kier molecular flexibility index (Phi) is 4.84. The Bertz CT molecular complexity index is 163. The van der Waals surface area contributed by atoms with E-state index < -0.39 is 0 Å². The molecule has 1 nitrogen and oxygen atoms in total. The summed E-state index contributed by atoms with van der Waals surface area (Å²) in [6.07, 6.45) is 12.4. The summed E-state index contributed by atoms with van der Waals surface area (Å²) in [6.45, 7) is 7.41. The summed E-state index contributed by atoms with van der Waals surface area (Å²) in [5.74, 6) is 0. The van der Waals surface area contributed by atoms with Gasteiger partial charge in [-0.3, -0.25) is 0 Å². The lowest BCUT2D eigenvalue weighted by Crippen LogP contribution is -1.90. The maximum absolute atomic E-state index is 5.36. The highest BCUT2D eigenvalue weighted by Gasteiger charge is 2.34. The number of ether oxygens (including phenoxy) is 1. The van der Waals surface area contributed by atoms with Gasteiger partial charge < -0.3 is 4.74 Å². The van der Waals surface area contributed by atoms with Gasteiger partial charge in [0.1, 0.15) is 6.10 Å². The summed E-state index contributed by atoms with van der Waals surface area (Å²) in [5, 5.41) is 0. The van der Waals surface area contributed by atoms with Crippen LogP contribution in [0.5, 0.6) is 0 Å². The van der Waals surface area contributed by atoms with Gasteiger partial charge in [-0.15, -0.1) is 13.2 Å². The molecule has 0 aromatic heterocycles. The van der Waals surface area contributed by atoms with Crippen LogP contribution in [-0.4, -0.2) is 12.2 Å². The fraction of sp³-hybridized carbons (Fsp3) is 0.667. The summed E-state index contributed by atoms with van der Waals surface area (Å²) >= 11 is 0. The quantitative estimate of drug-likeness (QED) is 0.316. The number of allylic oxidation sites excluding steroid dienone is 1. The molecule has 0 amide bonds. The van der Waals surface area contributed by atoms with Gasteiger partial charge in [0.05, 0.1) is 6.10 Å². The molecule has 1 aliphatic heterocycles. The van der Waals surface area contributed by atoms with Crippen LogP contribution < -0.4 is 0 Å². The van der Waals surface area contributed by atoms with E-state index in [1.807, 2.05) is 12.2 Å². The highest BCUT2D eigenvalue weighted by atomic mass is 16.6. The average molecular weight is 180 g/mol. The lowest BCUT2D eigenvalue weighted by Gasteiger charge is -1.97. The van der Waals surface area contributed by atoms with Crippen LogP contribution >= 0.6 is 0 Å². The van der Waals surface area contributed by atoms with Crippen LogP contribution in [0.1, 0.15) is 38.5 Å². The minimum Gasteiger partial charge on any atom is -0.365 e. The molecular weight excluding hydrogens is 160 g/mol. The van der Waals surface area contributed by atoms with E-state index in [0.29, 0.717) is 12.2 Å². The van der Waals surface area contributed by atoms with E-state index in [1.165, 1.54) is 32.1 Å². The molecular formula is C12H20O. The van der Waals surface area contributed by atoms with Crippen LogP contribution in [0.4, 0.5) is 0 Å². The summed E-state index contributed by atoms with van der Waals surface area (Å²) in [7, 11) is 0. The largest absolute Gasteiger partial charge is 0.365 e. The molecule has 0 spiro atoms. The number of hydrogen-bond acceptors (Lipinski definition) is 1. The van der Waals surface area contributed by atoms with Gasteiger partial charge >= 0.3 is 0 Å². The predicted molar refractivity (Wildman–Crippen MR) is 56.8 cm³/mol.